The first-order valence-corrected chi connectivity index (χ1v) is 2.27. The van der Waals surface area contributed by atoms with Crippen LogP contribution in [0.2, 0.25) is 0 Å². The molecule has 2 N–H and O–H groups in total. The molecule has 0 rings (SSSR count). The molecule has 1 atom stereocenters. The molecule has 0 saturated heterocycles. The van der Waals surface area contributed by atoms with Gasteiger partial charge in [-0.25, -0.2) is 0 Å². The normalized spacial score (nSPS) is 13.8. The summed E-state index contributed by atoms with van der Waals surface area (Å²) < 4.78 is 26.1. The summed E-state index contributed by atoms with van der Waals surface area (Å²) in [5.41, 5.74) is 4.59. The number of nitrogens with two attached hydrogens (primary N) is 1. The zero-order valence-corrected chi connectivity index (χ0v) is 4.80. The molecule has 0 aromatic carbocycles. The van der Waals surface area contributed by atoms with E-state index in [0.717, 1.165) is 6.92 Å². The number of halogens is 2. The lowest BCUT2D eigenvalue weighted by atomic mass is 10.4. The van der Waals surface area contributed by atoms with Gasteiger partial charge in [0.2, 0.25) is 5.91 Å². The number of alkyl halides is 2. The fraction of sp³-hybridized carbons (Fsp3) is 0.750. The predicted molar refractivity (Wildman–Crippen MR) is 25.7 cm³/mol. The lowest BCUT2D eigenvalue weighted by Crippen LogP contribution is -2.29. The van der Waals surface area contributed by atoms with Crippen molar-refractivity contribution in [1.82, 2.24) is 0 Å². The molecule has 0 aromatic rings. The molecule has 0 aliphatic heterocycles. The molecule has 1 amide bonds. The van der Waals surface area contributed by atoms with Crippen molar-refractivity contribution in [3.63, 3.8) is 0 Å². The van der Waals surface area contributed by atoms with Crippen molar-refractivity contribution in [2.75, 3.05) is 0 Å². The maximum absolute atomic E-state index is 11.2. The van der Waals surface area contributed by atoms with E-state index in [9.17, 15) is 13.6 Å². The molecule has 9 heavy (non-hydrogen) atoms. The van der Waals surface area contributed by atoms with Gasteiger partial charge in [-0.3, -0.25) is 4.79 Å². The van der Waals surface area contributed by atoms with Crippen LogP contribution in [-0.4, -0.2) is 18.6 Å². The van der Waals surface area contributed by atoms with Gasteiger partial charge in [0.15, 0.2) is 0 Å². The summed E-state index contributed by atoms with van der Waals surface area (Å²) in [6.07, 6.45) is -1.22. The molecule has 0 spiro atoms. The van der Waals surface area contributed by atoms with E-state index in [1.54, 1.807) is 0 Å². The summed E-state index contributed by atoms with van der Waals surface area (Å²) in [6.45, 7) is -1.78. The number of carbonyl (C=O) groups excluding carboxylic acids is 1. The van der Waals surface area contributed by atoms with Crippen LogP contribution >= 0.6 is 0 Å². The molecular weight excluding hydrogens is 132 g/mol. The number of rotatable bonds is 3. The molecule has 5 heteroatoms. The van der Waals surface area contributed by atoms with Crippen LogP contribution in [0.5, 0.6) is 0 Å². The first-order valence-electron chi connectivity index (χ1n) is 2.27. The van der Waals surface area contributed by atoms with Crippen LogP contribution in [0.4, 0.5) is 8.78 Å². The van der Waals surface area contributed by atoms with Crippen LogP contribution in [0.15, 0.2) is 0 Å². The van der Waals surface area contributed by atoms with Gasteiger partial charge in [0, 0.05) is 0 Å². The Kier molecular flexibility index (Phi) is 3.08. The number of carbonyl (C=O) groups is 1. The van der Waals surface area contributed by atoms with E-state index < -0.39 is 18.6 Å². The van der Waals surface area contributed by atoms with Crippen molar-refractivity contribution in [3.05, 3.63) is 0 Å². The number of hydrogen-bond donors (Lipinski definition) is 1. The standard InChI is InChI=1S/C4H7F2NO2/c1-2(3(7)8)9-4(5)6/h2,4H,1H3,(H2,7,8)/t2-/m0/s1. The Morgan fingerprint density at radius 3 is 2.22 bits per heavy atom. The van der Waals surface area contributed by atoms with E-state index in [-0.39, 0.29) is 0 Å². The summed E-state index contributed by atoms with van der Waals surface area (Å²) in [5, 5.41) is 0. The smallest absolute Gasteiger partial charge is 0.346 e. The Morgan fingerprint density at radius 1 is 1.67 bits per heavy atom. The van der Waals surface area contributed by atoms with E-state index >= 15 is 0 Å². The number of ether oxygens (including phenoxy) is 1. The molecular formula is C4H7F2NO2. The molecule has 3 nitrogen and oxygen atoms in total. The Labute approximate surface area is 50.8 Å². The first-order chi connectivity index (χ1) is 4.04. The second-order valence-electron chi connectivity index (χ2n) is 1.44. The quantitative estimate of drug-likeness (QED) is 0.602. The van der Waals surface area contributed by atoms with E-state index in [0.29, 0.717) is 0 Å². The lowest BCUT2D eigenvalue weighted by Gasteiger charge is -2.05. The van der Waals surface area contributed by atoms with Crippen LogP contribution < -0.4 is 5.73 Å². The van der Waals surface area contributed by atoms with Gasteiger partial charge in [0.25, 0.3) is 0 Å². The fourth-order valence-electron chi connectivity index (χ4n) is 0.221. The highest BCUT2D eigenvalue weighted by atomic mass is 19.3. The molecule has 0 radical (unpaired) electrons. The molecule has 0 fully saturated rings. The highest BCUT2D eigenvalue weighted by molar-refractivity contribution is 5.78. The van der Waals surface area contributed by atoms with Gasteiger partial charge in [-0.1, -0.05) is 0 Å². The highest BCUT2D eigenvalue weighted by Gasteiger charge is 2.13. The topological polar surface area (TPSA) is 52.3 Å². The minimum atomic E-state index is -2.94. The maximum atomic E-state index is 11.2. The van der Waals surface area contributed by atoms with Crippen molar-refractivity contribution < 1.29 is 18.3 Å². The summed E-state index contributed by atoms with van der Waals surface area (Å²) in [5.74, 6) is -0.893. The van der Waals surface area contributed by atoms with E-state index in [1.807, 2.05) is 0 Å². The van der Waals surface area contributed by atoms with E-state index in [1.165, 1.54) is 0 Å². The average Bonchev–Trinajstić information content (AvgIpc) is 1.63. The molecule has 54 valence electrons. The monoisotopic (exact) mass is 139 g/mol. The largest absolute Gasteiger partial charge is 0.367 e. The molecule has 0 aromatic heterocycles. The lowest BCUT2D eigenvalue weighted by molar-refractivity contribution is -0.169. The van der Waals surface area contributed by atoms with Crippen molar-refractivity contribution in [2.24, 2.45) is 5.73 Å². The van der Waals surface area contributed by atoms with E-state index in [4.69, 9.17) is 0 Å². The Morgan fingerprint density at radius 2 is 2.11 bits per heavy atom. The second kappa shape index (κ2) is 3.34. The number of primary amides is 1. The van der Waals surface area contributed by atoms with Crippen molar-refractivity contribution >= 4 is 5.91 Å². The van der Waals surface area contributed by atoms with Crippen molar-refractivity contribution in [2.45, 2.75) is 19.6 Å². The molecule has 0 aliphatic carbocycles. The summed E-state index contributed by atoms with van der Waals surface area (Å²) in [7, 11) is 0. The third kappa shape index (κ3) is 3.84. The molecule has 0 bridgehead atoms. The third-order valence-corrected chi connectivity index (χ3v) is 0.708. The minimum Gasteiger partial charge on any atom is -0.367 e. The van der Waals surface area contributed by atoms with Gasteiger partial charge in [0.1, 0.15) is 6.10 Å². The molecule has 0 unspecified atom stereocenters. The summed E-state index contributed by atoms with van der Waals surface area (Å²) in [4.78, 5) is 10.00. The number of hydrogen-bond acceptors (Lipinski definition) is 2. The second-order valence-corrected chi connectivity index (χ2v) is 1.44. The zero-order valence-electron chi connectivity index (χ0n) is 4.80. The summed E-state index contributed by atoms with van der Waals surface area (Å²) in [6, 6.07) is 0. The first kappa shape index (κ1) is 8.29. The van der Waals surface area contributed by atoms with Crippen LogP contribution in [0.3, 0.4) is 0 Å². The SMILES string of the molecule is C[C@H](OC(F)F)C(N)=O. The van der Waals surface area contributed by atoms with Gasteiger partial charge < -0.3 is 10.5 Å². The van der Waals surface area contributed by atoms with Crippen LogP contribution in [-0.2, 0) is 9.53 Å². The van der Waals surface area contributed by atoms with Gasteiger partial charge in [-0.05, 0) is 6.92 Å². The highest BCUT2D eigenvalue weighted by Crippen LogP contribution is 1.99. The van der Waals surface area contributed by atoms with Crippen LogP contribution in [0.1, 0.15) is 6.92 Å². The summed E-state index contributed by atoms with van der Waals surface area (Å²) >= 11 is 0. The minimum absolute atomic E-state index is 0.893. The molecule has 0 heterocycles. The zero-order chi connectivity index (χ0) is 7.44. The fourth-order valence-corrected chi connectivity index (χ4v) is 0.221. The number of amides is 1. The van der Waals surface area contributed by atoms with Gasteiger partial charge in [-0.15, -0.1) is 0 Å². The molecule has 0 aliphatic rings. The Hall–Kier alpha value is -0.710. The van der Waals surface area contributed by atoms with E-state index in [2.05, 4.69) is 10.5 Å². The van der Waals surface area contributed by atoms with Crippen LogP contribution in [0.25, 0.3) is 0 Å². The molecule has 0 saturated carbocycles. The predicted octanol–water partition coefficient (Wildman–Crippen LogP) is 0.0994. The van der Waals surface area contributed by atoms with Gasteiger partial charge in [-0.2, -0.15) is 8.78 Å². The third-order valence-electron chi connectivity index (χ3n) is 0.708. The maximum Gasteiger partial charge on any atom is 0.346 e. The Bertz CT molecular complexity index is 107. The Balaban J connectivity index is 3.50. The van der Waals surface area contributed by atoms with Crippen molar-refractivity contribution in [3.8, 4) is 0 Å². The van der Waals surface area contributed by atoms with Crippen LogP contribution in [0, 0.1) is 0 Å². The van der Waals surface area contributed by atoms with Gasteiger partial charge in [0.05, 0.1) is 0 Å². The average molecular weight is 139 g/mol. The van der Waals surface area contributed by atoms with Gasteiger partial charge >= 0.3 is 6.61 Å². The van der Waals surface area contributed by atoms with Crippen molar-refractivity contribution in [1.29, 1.82) is 0 Å².